The van der Waals surface area contributed by atoms with Crippen molar-refractivity contribution in [1.29, 1.82) is 0 Å². The first-order chi connectivity index (χ1) is 10.2. The van der Waals surface area contributed by atoms with Crippen LogP contribution in [0.3, 0.4) is 0 Å². The monoisotopic (exact) mass is 289 g/mol. The zero-order chi connectivity index (χ0) is 14.8. The Morgan fingerprint density at radius 1 is 1.43 bits per heavy atom. The van der Waals surface area contributed by atoms with E-state index < -0.39 is 0 Å². The van der Waals surface area contributed by atoms with Crippen LogP contribution in [0.25, 0.3) is 0 Å². The van der Waals surface area contributed by atoms with Gasteiger partial charge in [-0.05, 0) is 26.0 Å². The molecule has 0 spiro atoms. The Kier molecular flexibility index (Phi) is 3.74. The van der Waals surface area contributed by atoms with E-state index in [-0.39, 0.29) is 18.0 Å². The molecule has 0 bridgehead atoms. The molecule has 0 aromatic carbocycles. The summed E-state index contributed by atoms with van der Waals surface area (Å²) < 4.78 is 7.27. The van der Waals surface area contributed by atoms with Gasteiger partial charge in [0, 0.05) is 25.0 Å². The van der Waals surface area contributed by atoms with Gasteiger partial charge >= 0.3 is 0 Å². The molecule has 21 heavy (non-hydrogen) atoms. The van der Waals surface area contributed by atoms with Gasteiger partial charge in [-0.2, -0.15) is 10.2 Å². The van der Waals surface area contributed by atoms with E-state index in [0.29, 0.717) is 25.5 Å². The summed E-state index contributed by atoms with van der Waals surface area (Å²) in [6, 6.07) is 3.65. The van der Waals surface area contributed by atoms with Crippen LogP contribution in [0, 0.1) is 0 Å². The first kappa shape index (κ1) is 13.8. The number of morpholine rings is 1. The highest BCUT2D eigenvalue weighted by Gasteiger charge is 2.31. The van der Waals surface area contributed by atoms with E-state index in [4.69, 9.17) is 4.74 Å². The molecule has 7 heteroatoms. The van der Waals surface area contributed by atoms with Gasteiger partial charge in [-0.3, -0.25) is 14.6 Å². The van der Waals surface area contributed by atoms with Crippen molar-refractivity contribution in [3.8, 4) is 0 Å². The van der Waals surface area contributed by atoms with E-state index >= 15 is 0 Å². The Balaban J connectivity index is 1.89. The number of aromatic nitrogens is 4. The number of carbonyl (C=O) groups excluding carboxylic acids is 1. The van der Waals surface area contributed by atoms with Crippen LogP contribution in [0.1, 0.15) is 42.1 Å². The zero-order valence-electron chi connectivity index (χ0n) is 12.2. The Hall–Kier alpha value is -2.15. The second kappa shape index (κ2) is 5.69. The summed E-state index contributed by atoms with van der Waals surface area (Å²) in [5.41, 5.74) is 1.50. The van der Waals surface area contributed by atoms with Gasteiger partial charge in [-0.15, -0.1) is 0 Å². The summed E-state index contributed by atoms with van der Waals surface area (Å²) in [4.78, 5) is 14.7. The average molecular weight is 289 g/mol. The van der Waals surface area contributed by atoms with Crippen molar-refractivity contribution in [2.75, 3.05) is 19.8 Å². The molecule has 3 rings (SSSR count). The maximum absolute atomic E-state index is 12.9. The molecule has 1 N–H and O–H groups in total. The van der Waals surface area contributed by atoms with E-state index in [1.54, 1.807) is 23.1 Å². The van der Waals surface area contributed by atoms with E-state index in [1.807, 2.05) is 24.8 Å². The predicted octanol–water partition coefficient (Wildman–Crippen LogP) is 1.40. The molecule has 2 aromatic rings. The Morgan fingerprint density at radius 3 is 3.00 bits per heavy atom. The van der Waals surface area contributed by atoms with Crippen LogP contribution in [-0.4, -0.2) is 50.5 Å². The summed E-state index contributed by atoms with van der Waals surface area (Å²) in [6.07, 6.45) is 3.35. The lowest BCUT2D eigenvalue weighted by molar-refractivity contribution is -0.00461. The quantitative estimate of drug-likeness (QED) is 0.926. The molecule has 112 valence electrons. The smallest absolute Gasteiger partial charge is 0.272 e. The van der Waals surface area contributed by atoms with Crippen molar-refractivity contribution < 1.29 is 9.53 Å². The van der Waals surface area contributed by atoms with E-state index in [2.05, 4.69) is 15.3 Å². The van der Waals surface area contributed by atoms with Crippen LogP contribution in [0.5, 0.6) is 0 Å². The lowest BCUT2D eigenvalue weighted by atomic mass is 10.1. The molecule has 1 fully saturated rings. The minimum atomic E-state index is -0.135. The third-order valence-electron chi connectivity index (χ3n) is 3.65. The summed E-state index contributed by atoms with van der Waals surface area (Å²) >= 11 is 0. The standard InChI is InChI=1S/C14H19N5O2/c1-10(2)19-12(4-6-16-19)14(20)18-7-8-21-9-13(18)11-3-5-15-17-11/h3-6,10,13H,7-9H2,1-2H3,(H,15,17). The van der Waals surface area contributed by atoms with Gasteiger partial charge in [-0.1, -0.05) is 0 Å². The number of carbonyl (C=O) groups is 1. The van der Waals surface area contributed by atoms with Gasteiger partial charge in [0.15, 0.2) is 0 Å². The second-order valence-corrected chi connectivity index (χ2v) is 5.36. The molecule has 1 unspecified atom stereocenters. The fourth-order valence-corrected chi connectivity index (χ4v) is 2.60. The Labute approximate surface area is 122 Å². The summed E-state index contributed by atoms with van der Waals surface area (Å²) in [5, 5.41) is 11.1. The Bertz CT molecular complexity index is 605. The second-order valence-electron chi connectivity index (χ2n) is 5.36. The predicted molar refractivity (Wildman–Crippen MR) is 75.8 cm³/mol. The largest absolute Gasteiger partial charge is 0.377 e. The molecule has 2 aromatic heterocycles. The normalized spacial score (nSPS) is 19.2. The number of nitrogens with one attached hydrogen (secondary N) is 1. The van der Waals surface area contributed by atoms with Crippen LogP contribution in [0.15, 0.2) is 24.5 Å². The van der Waals surface area contributed by atoms with Crippen LogP contribution in [-0.2, 0) is 4.74 Å². The minimum Gasteiger partial charge on any atom is -0.377 e. The zero-order valence-corrected chi connectivity index (χ0v) is 12.2. The number of hydrogen-bond acceptors (Lipinski definition) is 4. The number of aromatic amines is 1. The SMILES string of the molecule is CC(C)n1nccc1C(=O)N1CCOCC1c1ccn[nH]1. The maximum Gasteiger partial charge on any atom is 0.272 e. The third kappa shape index (κ3) is 2.56. The van der Waals surface area contributed by atoms with Crippen molar-refractivity contribution in [1.82, 2.24) is 24.9 Å². The number of hydrogen-bond donors (Lipinski definition) is 1. The lowest BCUT2D eigenvalue weighted by Gasteiger charge is -2.35. The van der Waals surface area contributed by atoms with Crippen molar-refractivity contribution >= 4 is 5.91 Å². The third-order valence-corrected chi connectivity index (χ3v) is 3.65. The highest BCUT2D eigenvalue weighted by molar-refractivity contribution is 5.93. The highest BCUT2D eigenvalue weighted by atomic mass is 16.5. The summed E-state index contributed by atoms with van der Waals surface area (Å²) in [6.45, 7) is 5.60. The van der Waals surface area contributed by atoms with E-state index in [1.165, 1.54) is 0 Å². The van der Waals surface area contributed by atoms with Gasteiger partial charge in [0.1, 0.15) is 5.69 Å². The topological polar surface area (TPSA) is 76.0 Å². The molecule has 1 saturated heterocycles. The molecule has 0 aliphatic carbocycles. The fourth-order valence-electron chi connectivity index (χ4n) is 2.60. The van der Waals surface area contributed by atoms with Gasteiger partial charge < -0.3 is 9.64 Å². The van der Waals surface area contributed by atoms with Crippen LogP contribution in [0.4, 0.5) is 0 Å². The first-order valence-electron chi connectivity index (χ1n) is 7.10. The molecule has 0 radical (unpaired) electrons. The maximum atomic E-state index is 12.9. The summed E-state index contributed by atoms with van der Waals surface area (Å²) in [5.74, 6) is -0.0240. The summed E-state index contributed by atoms with van der Waals surface area (Å²) in [7, 11) is 0. The molecule has 1 atom stereocenters. The van der Waals surface area contributed by atoms with Crippen LogP contribution in [0.2, 0.25) is 0 Å². The lowest BCUT2D eigenvalue weighted by Crippen LogP contribution is -2.44. The molecule has 7 nitrogen and oxygen atoms in total. The number of nitrogens with zero attached hydrogens (tertiary/aromatic N) is 4. The van der Waals surface area contributed by atoms with Gasteiger partial charge in [0.2, 0.25) is 0 Å². The van der Waals surface area contributed by atoms with Gasteiger partial charge in [-0.25, -0.2) is 0 Å². The van der Waals surface area contributed by atoms with Crippen molar-refractivity contribution in [3.63, 3.8) is 0 Å². The number of rotatable bonds is 3. The average Bonchev–Trinajstić information content (AvgIpc) is 3.17. The first-order valence-corrected chi connectivity index (χ1v) is 7.10. The van der Waals surface area contributed by atoms with Gasteiger partial charge in [0.25, 0.3) is 5.91 Å². The van der Waals surface area contributed by atoms with Crippen molar-refractivity contribution in [2.24, 2.45) is 0 Å². The fraction of sp³-hybridized carbons (Fsp3) is 0.500. The number of H-pyrrole nitrogens is 1. The molecule has 1 aliphatic heterocycles. The van der Waals surface area contributed by atoms with Crippen LogP contribution < -0.4 is 0 Å². The van der Waals surface area contributed by atoms with E-state index in [9.17, 15) is 4.79 Å². The number of amides is 1. The van der Waals surface area contributed by atoms with Gasteiger partial charge in [0.05, 0.1) is 24.9 Å². The minimum absolute atomic E-state index is 0.0240. The van der Waals surface area contributed by atoms with E-state index in [0.717, 1.165) is 5.69 Å². The Morgan fingerprint density at radius 2 is 2.29 bits per heavy atom. The molecule has 1 amide bonds. The molecule has 0 saturated carbocycles. The highest BCUT2D eigenvalue weighted by Crippen LogP contribution is 2.24. The molecule has 1 aliphatic rings. The molecular weight excluding hydrogens is 270 g/mol. The molecule has 3 heterocycles. The molecular formula is C14H19N5O2. The van der Waals surface area contributed by atoms with Crippen molar-refractivity contribution in [2.45, 2.75) is 25.9 Å². The van der Waals surface area contributed by atoms with Crippen LogP contribution >= 0.6 is 0 Å². The number of ether oxygens (including phenoxy) is 1. The van der Waals surface area contributed by atoms with Crippen molar-refractivity contribution in [3.05, 3.63) is 35.9 Å².